The van der Waals surface area contributed by atoms with E-state index in [2.05, 4.69) is 0 Å². The van der Waals surface area contributed by atoms with Crippen LogP contribution in [0.4, 0.5) is 4.39 Å². The molecule has 0 saturated heterocycles. The van der Waals surface area contributed by atoms with E-state index >= 15 is 0 Å². The van der Waals surface area contributed by atoms with E-state index < -0.39 is 5.82 Å². The Balaban J connectivity index is 2.14. The van der Waals surface area contributed by atoms with E-state index in [-0.39, 0.29) is 13.2 Å². The summed E-state index contributed by atoms with van der Waals surface area (Å²) in [5.74, 6) is -0.126. The fraction of sp³-hybridized carbons (Fsp3) is 0.143. The molecule has 0 aliphatic heterocycles. The van der Waals surface area contributed by atoms with Crippen molar-refractivity contribution in [3.63, 3.8) is 0 Å². The van der Waals surface area contributed by atoms with Gasteiger partial charge >= 0.3 is 0 Å². The number of hydrogen-bond donors (Lipinski definition) is 1. The van der Waals surface area contributed by atoms with Gasteiger partial charge in [0, 0.05) is 21.7 Å². The Morgan fingerprint density at radius 3 is 2.63 bits per heavy atom. The zero-order chi connectivity index (χ0) is 13.8. The standard InChI is InChI=1S/C14H11Cl2FO2/c15-11-1-2-14(16)10(5-11)8-19-13-4-9(7-18)3-12(17)6-13/h1-6,18H,7-8H2. The van der Waals surface area contributed by atoms with Crippen LogP contribution < -0.4 is 4.74 Å². The lowest BCUT2D eigenvalue weighted by Crippen LogP contribution is -1.98. The molecule has 2 nitrogen and oxygen atoms in total. The van der Waals surface area contributed by atoms with Crippen molar-refractivity contribution in [1.82, 2.24) is 0 Å². The zero-order valence-corrected chi connectivity index (χ0v) is 11.4. The summed E-state index contributed by atoms with van der Waals surface area (Å²) in [6.07, 6.45) is 0. The van der Waals surface area contributed by atoms with E-state index in [1.165, 1.54) is 12.1 Å². The lowest BCUT2D eigenvalue weighted by atomic mass is 10.2. The van der Waals surface area contributed by atoms with Crippen LogP contribution in [0.2, 0.25) is 10.0 Å². The number of ether oxygens (including phenoxy) is 1. The van der Waals surface area contributed by atoms with Crippen molar-refractivity contribution in [3.05, 3.63) is 63.4 Å². The number of aliphatic hydroxyl groups is 1. The highest BCUT2D eigenvalue weighted by Gasteiger charge is 2.05. The lowest BCUT2D eigenvalue weighted by molar-refractivity contribution is 0.276. The fourth-order valence-corrected chi connectivity index (χ4v) is 1.98. The zero-order valence-electron chi connectivity index (χ0n) is 9.87. The van der Waals surface area contributed by atoms with Crippen LogP contribution >= 0.6 is 23.2 Å². The van der Waals surface area contributed by atoms with Gasteiger partial charge in [0.15, 0.2) is 0 Å². The topological polar surface area (TPSA) is 29.5 Å². The average Bonchev–Trinajstić information content (AvgIpc) is 2.39. The molecule has 0 aliphatic carbocycles. The highest BCUT2D eigenvalue weighted by atomic mass is 35.5. The van der Waals surface area contributed by atoms with Crippen molar-refractivity contribution in [1.29, 1.82) is 0 Å². The number of benzene rings is 2. The van der Waals surface area contributed by atoms with Gasteiger partial charge < -0.3 is 9.84 Å². The van der Waals surface area contributed by atoms with E-state index in [9.17, 15) is 4.39 Å². The van der Waals surface area contributed by atoms with Gasteiger partial charge in [0.25, 0.3) is 0 Å². The summed E-state index contributed by atoms with van der Waals surface area (Å²) in [7, 11) is 0. The molecule has 0 aliphatic rings. The van der Waals surface area contributed by atoms with Gasteiger partial charge in [0.2, 0.25) is 0 Å². The van der Waals surface area contributed by atoms with Crippen molar-refractivity contribution in [3.8, 4) is 5.75 Å². The second-order valence-corrected chi connectivity index (χ2v) is 4.82. The first-order valence-corrected chi connectivity index (χ1v) is 6.31. The van der Waals surface area contributed by atoms with E-state index in [1.54, 1.807) is 24.3 Å². The van der Waals surface area contributed by atoms with E-state index in [4.69, 9.17) is 33.0 Å². The first-order valence-electron chi connectivity index (χ1n) is 5.55. The predicted molar refractivity (Wildman–Crippen MR) is 73.1 cm³/mol. The van der Waals surface area contributed by atoms with Gasteiger partial charge in [-0.15, -0.1) is 0 Å². The smallest absolute Gasteiger partial charge is 0.127 e. The molecular formula is C14H11Cl2FO2. The third kappa shape index (κ3) is 3.83. The van der Waals surface area contributed by atoms with Crippen LogP contribution in [0.15, 0.2) is 36.4 Å². The maximum atomic E-state index is 13.2. The van der Waals surface area contributed by atoms with Crippen molar-refractivity contribution in [2.75, 3.05) is 0 Å². The van der Waals surface area contributed by atoms with Gasteiger partial charge in [-0.25, -0.2) is 4.39 Å². The van der Waals surface area contributed by atoms with Crippen LogP contribution in [0.5, 0.6) is 5.75 Å². The van der Waals surface area contributed by atoms with Crippen LogP contribution in [-0.2, 0) is 13.2 Å². The lowest BCUT2D eigenvalue weighted by Gasteiger charge is -2.09. The Hall–Kier alpha value is -1.29. The van der Waals surface area contributed by atoms with Crippen LogP contribution in [0, 0.1) is 5.82 Å². The van der Waals surface area contributed by atoms with Crippen LogP contribution in [0.1, 0.15) is 11.1 Å². The van der Waals surface area contributed by atoms with Crippen molar-refractivity contribution < 1.29 is 14.2 Å². The van der Waals surface area contributed by atoms with E-state index in [0.29, 0.717) is 26.9 Å². The quantitative estimate of drug-likeness (QED) is 0.917. The molecule has 0 amide bonds. The summed E-state index contributed by atoms with van der Waals surface area (Å²) in [5.41, 5.74) is 1.16. The summed E-state index contributed by atoms with van der Waals surface area (Å²) in [4.78, 5) is 0. The summed E-state index contributed by atoms with van der Waals surface area (Å²) in [6.45, 7) is -0.0697. The second-order valence-electron chi connectivity index (χ2n) is 3.98. The largest absolute Gasteiger partial charge is 0.489 e. The summed E-state index contributed by atoms with van der Waals surface area (Å²) in [5, 5.41) is 10.1. The van der Waals surface area contributed by atoms with Crippen LogP contribution in [0.25, 0.3) is 0 Å². The summed E-state index contributed by atoms with van der Waals surface area (Å²) < 4.78 is 18.7. The Kier molecular flexibility index (Phi) is 4.64. The maximum absolute atomic E-state index is 13.2. The molecule has 2 rings (SSSR count). The van der Waals surface area contributed by atoms with Gasteiger partial charge in [-0.05, 0) is 35.9 Å². The Morgan fingerprint density at radius 2 is 1.89 bits per heavy atom. The molecule has 2 aromatic rings. The number of halogens is 3. The third-order valence-corrected chi connectivity index (χ3v) is 3.12. The summed E-state index contributed by atoms with van der Waals surface area (Å²) in [6, 6.07) is 9.11. The minimum absolute atomic E-state index is 0.174. The predicted octanol–water partition coefficient (Wildman–Crippen LogP) is 4.20. The fourth-order valence-electron chi connectivity index (χ4n) is 1.61. The highest BCUT2D eigenvalue weighted by Crippen LogP contribution is 2.23. The van der Waals surface area contributed by atoms with Crippen molar-refractivity contribution in [2.24, 2.45) is 0 Å². The van der Waals surface area contributed by atoms with Gasteiger partial charge in [-0.1, -0.05) is 23.2 Å². The molecule has 5 heteroatoms. The van der Waals surface area contributed by atoms with Crippen LogP contribution in [0.3, 0.4) is 0 Å². The molecule has 0 spiro atoms. The molecule has 0 bridgehead atoms. The third-order valence-electron chi connectivity index (χ3n) is 2.52. The number of rotatable bonds is 4. The average molecular weight is 301 g/mol. The molecule has 0 aromatic heterocycles. The molecule has 0 heterocycles. The SMILES string of the molecule is OCc1cc(F)cc(OCc2cc(Cl)ccc2Cl)c1. The minimum atomic E-state index is -0.459. The van der Waals surface area contributed by atoms with Gasteiger partial charge in [0.05, 0.1) is 6.61 Å². The highest BCUT2D eigenvalue weighted by molar-refractivity contribution is 6.33. The molecule has 0 unspecified atom stereocenters. The first-order chi connectivity index (χ1) is 9.08. The number of aliphatic hydroxyl groups excluding tert-OH is 1. The van der Waals surface area contributed by atoms with Crippen molar-refractivity contribution in [2.45, 2.75) is 13.2 Å². The van der Waals surface area contributed by atoms with Crippen molar-refractivity contribution >= 4 is 23.2 Å². The minimum Gasteiger partial charge on any atom is -0.489 e. The van der Waals surface area contributed by atoms with Gasteiger partial charge in [0.1, 0.15) is 18.2 Å². The van der Waals surface area contributed by atoms with Crippen LogP contribution in [-0.4, -0.2) is 5.11 Å². The van der Waals surface area contributed by atoms with E-state index in [0.717, 1.165) is 0 Å². The van der Waals surface area contributed by atoms with Gasteiger partial charge in [-0.3, -0.25) is 0 Å². The molecular weight excluding hydrogens is 290 g/mol. The molecule has 2 aromatic carbocycles. The molecule has 0 saturated carbocycles. The van der Waals surface area contributed by atoms with Gasteiger partial charge in [-0.2, -0.15) is 0 Å². The monoisotopic (exact) mass is 300 g/mol. The Morgan fingerprint density at radius 1 is 1.11 bits per heavy atom. The molecule has 19 heavy (non-hydrogen) atoms. The van der Waals surface area contributed by atoms with E-state index in [1.807, 2.05) is 0 Å². The molecule has 0 radical (unpaired) electrons. The molecule has 100 valence electrons. The maximum Gasteiger partial charge on any atom is 0.127 e. The Bertz CT molecular complexity index is 588. The first kappa shape index (κ1) is 14.1. The summed E-state index contributed by atoms with van der Waals surface area (Å²) >= 11 is 11.9. The second kappa shape index (κ2) is 6.24. The Labute approximate surface area is 120 Å². The molecule has 0 atom stereocenters. The molecule has 0 fully saturated rings. The number of hydrogen-bond acceptors (Lipinski definition) is 2. The molecule has 1 N–H and O–H groups in total. The normalized spacial score (nSPS) is 10.5.